The summed E-state index contributed by atoms with van der Waals surface area (Å²) in [6.45, 7) is 0. The summed E-state index contributed by atoms with van der Waals surface area (Å²) in [5, 5.41) is 13.5. The SMILES string of the molecule is Oc1c(F)cc(-c2cnn(-c3ccccc3)c2)cc1Cl. The number of phenols is 1. The number of hydrogen-bond donors (Lipinski definition) is 1. The van der Waals surface area contributed by atoms with E-state index in [0.29, 0.717) is 5.56 Å². The molecule has 0 bridgehead atoms. The fraction of sp³-hybridized carbons (Fsp3) is 0. The third-order valence-corrected chi connectivity index (χ3v) is 3.24. The number of aromatic nitrogens is 2. The summed E-state index contributed by atoms with van der Waals surface area (Å²) in [6, 6.07) is 12.3. The van der Waals surface area contributed by atoms with E-state index in [2.05, 4.69) is 5.10 Å². The first-order chi connectivity index (χ1) is 9.65. The van der Waals surface area contributed by atoms with Crippen LogP contribution in [0.3, 0.4) is 0 Å². The second-order valence-corrected chi connectivity index (χ2v) is 4.70. The lowest BCUT2D eigenvalue weighted by Crippen LogP contribution is -1.92. The van der Waals surface area contributed by atoms with Crippen molar-refractivity contribution in [2.24, 2.45) is 0 Å². The van der Waals surface area contributed by atoms with Crippen molar-refractivity contribution in [2.75, 3.05) is 0 Å². The predicted octanol–water partition coefficient (Wildman–Crippen LogP) is 4.04. The Morgan fingerprint density at radius 3 is 2.55 bits per heavy atom. The Bertz CT molecular complexity index is 733. The number of phenolic OH excluding ortho intramolecular Hbond substituents is 1. The number of benzene rings is 2. The van der Waals surface area contributed by atoms with Gasteiger partial charge in [-0.2, -0.15) is 5.10 Å². The lowest BCUT2D eigenvalue weighted by atomic mass is 10.1. The Morgan fingerprint density at radius 1 is 1.10 bits per heavy atom. The number of aromatic hydroxyl groups is 1. The fourth-order valence-corrected chi connectivity index (χ4v) is 2.13. The lowest BCUT2D eigenvalue weighted by Gasteiger charge is -2.03. The molecular formula is C15H10ClFN2O. The number of halogens is 2. The van der Waals surface area contributed by atoms with Crippen molar-refractivity contribution in [2.45, 2.75) is 0 Å². The molecule has 0 saturated carbocycles. The average molecular weight is 289 g/mol. The zero-order valence-electron chi connectivity index (χ0n) is 10.3. The molecule has 0 saturated heterocycles. The number of rotatable bonds is 2. The highest BCUT2D eigenvalue weighted by atomic mass is 35.5. The highest BCUT2D eigenvalue weighted by Crippen LogP contribution is 2.32. The van der Waals surface area contributed by atoms with Crippen LogP contribution in [-0.2, 0) is 0 Å². The summed E-state index contributed by atoms with van der Waals surface area (Å²) in [6.07, 6.45) is 3.40. The van der Waals surface area contributed by atoms with Crippen LogP contribution >= 0.6 is 11.6 Å². The third kappa shape index (κ3) is 2.26. The van der Waals surface area contributed by atoms with E-state index in [9.17, 15) is 9.50 Å². The Hall–Kier alpha value is -2.33. The van der Waals surface area contributed by atoms with Gasteiger partial charge in [-0.3, -0.25) is 0 Å². The number of para-hydroxylation sites is 1. The number of hydrogen-bond acceptors (Lipinski definition) is 2. The molecule has 100 valence electrons. The van der Waals surface area contributed by atoms with Crippen LogP contribution in [0.15, 0.2) is 54.9 Å². The van der Waals surface area contributed by atoms with Crippen molar-refractivity contribution in [1.29, 1.82) is 0 Å². The normalized spacial score (nSPS) is 10.7. The Labute approximate surface area is 119 Å². The summed E-state index contributed by atoms with van der Waals surface area (Å²) in [5.74, 6) is -1.29. The van der Waals surface area contributed by atoms with Crippen LogP contribution in [0.25, 0.3) is 16.8 Å². The maximum absolute atomic E-state index is 13.5. The highest BCUT2D eigenvalue weighted by Gasteiger charge is 2.11. The molecule has 3 aromatic rings. The largest absolute Gasteiger partial charge is 0.504 e. The van der Waals surface area contributed by atoms with Gasteiger partial charge < -0.3 is 5.11 Å². The molecule has 3 rings (SSSR count). The van der Waals surface area contributed by atoms with Crippen molar-refractivity contribution in [3.05, 3.63) is 65.7 Å². The Kier molecular flexibility index (Phi) is 3.16. The predicted molar refractivity (Wildman–Crippen MR) is 75.6 cm³/mol. The Balaban J connectivity index is 2.03. The van der Waals surface area contributed by atoms with Gasteiger partial charge in [0.2, 0.25) is 0 Å². The van der Waals surface area contributed by atoms with Crippen LogP contribution in [0.1, 0.15) is 0 Å². The standard InChI is InChI=1S/C15H10ClFN2O/c16-13-6-10(7-14(17)15(13)20)11-8-18-19(9-11)12-4-2-1-3-5-12/h1-9,20H. The van der Waals surface area contributed by atoms with Gasteiger partial charge in [-0.1, -0.05) is 29.8 Å². The van der Waals surface area contributed by atoms with Gasteiger partial charge in [-0.05, 0) is 29.8 Å². The molecule has 0 aliphatic carbocycles. The fourth-order valence-electron chi connectivity index (χ4n) is 1.93. The smallest absolute Gasteiger partial charge is 0.170 e. The van der Waals surface area contributed by atoms with Crippen LogP contribution in [0.5, 0.6) is 5.75 Å². The van der Waals surface area contributed by atoms with Crippen LogP contribution in [-0.4, -0.2) is 14.9 Å². The summed E-state index contributed by atoms with van der Waals surface area (Å²) in [4.78, 5) is 0. The van der Waals surface area contributed by atoms with Crippen LogP contribution < -0.4 is 0 Å². The monoisotopic (exact) mass is 288 g/mol. The van der Waals surface area contributed by atoms with Crippen molar-refractivity contribution >= 4 is 11.6 Å². The van der Waals surface area contributed by atoms with Crippen molar-refractivity contribution in [3.8, 4) is 22.6 Å². The zero-order valence-corrected chi connectivity index (χ0v) is 11.0. The summed E-state index contributed by atoms with van der Waals surface area (Å²) >= 11 is 5.78. The van der Waals surface area contributed by atoms with E-state index in [4.69, 9.17) is 11.6 Å². The van der Waals surface area contributed by atoms with E-state index in [-0.39, 0.29) is 5.02 Å². The molecule has 0 fully saturated rings. The van der Waals surface area contributed by atoms with Crippen LogP contribution in [0, 0.1) is 5.82 Å². The maximum Gasteiger partial charge on any atom is 0.170 e. The quantitative estimate of drug-likeness (QED) is 0.773. The first kappa shape index (κ1) is 12.7. The van der Waals surface area contributed by atoms with Gasteiger partial charge in [0.1, 0.15) is 0 Å². The summed E-state index contributed by atoms with van der Waals surface area (Å²) in [7, 11) is 0. The molecule has 0 amide bonds. The van der Waals surface area contributed by atoms with Gasteiger partial charge in [0.25, 0.3) is 0 Å². The molecule has 0 aliphatic rings. The van der Waals surface area contributed by atoms with E-state index < -0.39 is 11.6 Å². The van der Waals surface area contributed by atoms with E-state index in [1.165, 1.54) is 12.1 Å². The van der Waals surface area contributed by atoms with Crippen molar-refractivity contribution < 1.29 is 9.50 Å². The molecule has 2 aromatic carbocycles. The molecule has 5 heteroatoms. The second-order valence-electron chi connectivity index (χ2n) is 4.30. The molecule has 1 aromatic heterocycles. The first-order valence-corrected chi connectivity index (χ1v) is 6.31. The minimum absolute atomic E-state index is 0.0209. The minimum atomic E-state index is -0.750. The molecule has 3 nitrogen and oxygen atoms in total. The van der Waals surface area contributed by atoms with Gasteiger partial charge in [-0.15, -0.1) is 0 Å². The molecule has 0 atom stereocenters. The lowest BCUT2D eigenvalue weighted by molar-refractivity contribution is 0.433. The summed E-state index contributed by atoms with van der Waals surface area (Å²) in [5.41, 5.74) is 2.19. The minimum Gasteiger partial charge on any atom is -0.504 e. The molecule has 1 heterocycles. The highest BCUT2D eigenvalue weighted by molar-refractivity contribution is 6.32. The Morgan fingerprint density at radius 2 is 1.85 bits per heavy atom. The average Bonchev–Trinajstić information content (AvgIpc) is 2.95. The summed E-state index contributed by atoms with van der Waals surface area (Å²) < 4.78 is 15.2. The van der Waals surface area contributed by atoms with E-state index in [1.54, 1.807) is 17.1 Å². The van der Waals surface area contributed by atoms with E-state index >= 15 is 0 Å². The topological polar surface area (TPSA) is 38.1 Å². The molecular weight excluding hydrogens is 279 g/mol. The second kappa shape index (κ2) is 4.98. The van der Waals surface area contributed by atoms with E-state index in [1.807, 2.05) is 30.3 Å². The van der Waals surface area contributed by atoms with E-state index in [0.717, 1.165) is 11.3 Å². The van der Waals surface area contributed by atoms with Gasteiger partial charge in [0.15, 0.2) is 11.6 Å². The van der Waals surface area contributed by atoms with Crippen LogP contribution in [0.4, 0.5) is 4.39 Å². The van der Waals surface area contributed by atoms with Gasteiger partial charge in [-0.25, -0.2) is 9.07 Å². The van der Waals surface area contributed by atoms with Crippen molar-refractivity contribution in [1.82, 2.24) is 9.78 Å². The number of nitrogens with zero attached hydrogens (tertiary/aromatic N) is 2. The molecule has 1 N–H and O–H groups in total. The maximum atomic E-state index is 13.5. The molecule has 0 aliphatic heterocycles. The zero-order chi connectivity index (χ0) is 14.1. The van der Waals surface area contributed by atoms with Gasteiger partial charge in [0, 0.05) is 11.8 Å². The molecule has 0 unspecified atom stereocenters. The third-order valence-electron chi connectivity index (χ3n) is 2.95. The molecule has 0 spiro atoms. The molecule has 20 heavy (non-hydrogen) atoms. The van der Waals surface area contributed by atoms with Crippen molar-refractivity contribution in [3.63, 3.8) is 0 Å². The van der Waals surface area contributed by atoms with Gasteiger partial charge >= 0.3 is 0 Å². The first-order valence-electron chi connectivity index (χ1n) is 5.93. The molecule has 0 radical (unpaired) electrons. The van der Waals surface area contributed by atoms with Gasteiger partial charge in [0.05, 0.1) is 16.9 Å². The van der Waals surface area contributed by atoms with Crippen LogP contribution in [0.2, 0.25) is 5.02 Å².